The van der Waals surface area contributed by atoms with Crippen LogP contribution in [-0.2, 0) is 6.54 Å². The first-order chi connectivity index (χ1) is 10.1. The second kappa shape index (κ2) is 5.35. The maximum Gasteiger partial charge on any atom is 0.182 e. The Kier molecular flexibility index (Phi) is 3.53. The van der Waals surface area contributed by atoms with E-state index in [9.17, 15) is 0 Å². The molecule has 6 nitrogen and oxygen atoms in total. The first-order valence-electron chi connectivity index (χ1n) is 7.39. The molecule has 1 saturated carbocycles. The third-order valence-corrected chi connectivity index (χ3v) is 4.12. The highest BCUT2D eigenvalue weighted by molar-refractivity contribution is 5.64. The van der Waals surface area contributed by atoms with Crippen LogP contribution in [-0.4, -0.2) is 26.8 Å². The number of anilines is 1. The molecule has 0 atom stereocenters. The van der Waals surface area contributed by atoms with Crippen LogP contribution in [0.5, 0.6) is 5.75 Å². The van der Waals surface area contributed by atoms with Crippen LogP contribution < -0.4 is 10.5 Å². The normalized spacial score (nSPS) is 16.5. The van der Waals surface area contributed by atoms with E-state index in [1.54, 1.807) is 0 Å². The number of rotatable bonds is 5. The highest BCUT2D eigenvalue weighted by Gasteiger charge is 2.33. The Labute approximate surface area is 124 Å². The van der Waals surface area contributed by atoms with E-state index in [0.29, 0.717) is 17.7 Å². The Hall–Kier alpha value is -2.11. The molecular formula is C15H21N5O. The molecule has 2 N–H and O–H groups in total. The SMILES string of the molecule is CCOc1cc(N)cc(-c2nnnn2CC2(C)CCC2)c1. The fourth-order valence-corrected chi connectivity index (χ4v) is 2.82. The Morgan fingerprint density at radius 1 is 1.33 bits per heavy atom. The van der Waals surface area contributed by atoms with E-state index in [-0.39, 0.29) is 0 Å². The van der Waals surface area contributed by atoms with Crippen molar-refractivity contribution in [1.82, 2.24) is 20.2 Å². The lowest BCUT2D eigenvalue weighted by Crippen LogP contribution is -2.31. The maximum atomic E-state index is 5.95. The third-order valence-electron chi connectivity index (χ3n) is 4.12. The number of aromatic nitrogens is 4. The van der Waals surface area contributed by atoms with Gasteiger partial charge in [-0.3, -0.25) is 0 Å². The number of hydrogen-bond donors (Lipinski definition) is 1. The second-order valence-electron chi connectivity index (χ2n) is 6.05. The number of nitrogen functional groups attached to an aromatic ring is 1. The smallest absolute Gasteiger partial charge is 0.182 e. The van der Waals surface area contributed by atoms with Crippen molar-refractivity contribution in [3.05, 3.63) is 18.2 Å². The molecule has 21 heavy (non-hydrogen) atoms. The zero-order valence-corrected chi connectivity index (χ0v) is 12.5. The van der Waals surface area contributed by atoms with Gasteiger partial charge in [0.25, 0.3) is 0 Å². The van der Waals surface area contributed by atoms with E-state index >= 15 is 0 Å². The van der Waals surface area contributed by atoms with Gasteiger partial charge in [-0.25, -0.2) is 4.68 Å². The van der Waals surface area contributed by atoms with Crippen molar-refractivity contribution < 1.29 is 4.74 Å². The average molecular weight is 287 g/mol. The molecule has 1 aromatic carbocycles. The summed E-state index contributed by atoms with van der Waals surface area (Å²) in [6.07, 6.45) is 3.75. The predicted octanol–water partition coefficient (Wildman–Crippen LogP) is 2.51. The molecule has 0 spiro atoms. The molecule has 1 aliphatic carbocycles. The minimum Gasteiger partial charge on any atom is -0.494 e. The topological polar surface area (TPSA) is 78.8 Å². The molecule has 1 heterocycles. The summed E-state index contributed by atoms with van der Waals surface area (Å²) in [7, 11) is 0. The predicted molar refractivity (Wildman–Crippen MR) is 80.8 cm³/mol. The maximum absolute atomic E-state index is 5.95. The zero-order chi connectivity index (χ0) is 14.9. The van der Waals surface area contributed by atoms with Gasteiger partial charge in [0.1, 0.15) is 5.75 Å². The summed E-state index contributed by atoms with van der Waals surface area (Å²) < 4.78 is 7.42. The summed E-state index contributed by atoms with van der Waals surface area (Å²) >= 11 is 0. The fraction of sp³-hybridized carbons (Fsp3) is 0.533. The lowest BCUT2D eigenvalue weighted by Gasteiger charge is -2.38. The van der Waals surface area contributed by atoms with Crippen molar-refractivity contribution in [2.45, 2.75) is 39.7 Å². The first kappa shape index (κ1) is 13.9. The van der Waals surface area contributed by atoms with Gasteiger partial charge in [-0.15, -0.1) is 5.10 Å². The Morgan fingerprint density at radius 2 is 2.14 bits per heavy atom. The molecule has 0 radical (unpaired) electrons. The summed E-state index contributed by atoms with van der Waals surface area (Å²) in [4.78, 5) is 0. The highest BCUT2D eigenvalue weighted by Crippen LogP contribution is 2.42. The van der Waals surface area contributed by atoms with Crippen LogP contribution in [0.2, 0.25) is 0 Å². The molecule has 0 amide bonds. The Morgan fingerprint density at radius 3 is 2.81 bits per heavy atom. The van der Waals surface area contributed by atoms with Gasteiger partial charge in [-0.05, 0) is 47.7 Å². The quantitative estimate of drug-likeness (QED) is 0.855. The molecule has 0 bridgehead atoms. The van der Waals surface area contributed by atoms with E-state index in [4.69, 9.17) is 10.5 Å². The molecule has 1 aliphatic rings. The average Bonchev–Trinajstić information content (AvgIpc) is 2.84. The molecule has 112 valence electrons. The van der Waals surface area contributed by atoms with Crippen molar-refractivity contribution in [3.8, 4) is 17.1 Å². The van der Waals surface area contributed by atoms with Gasteiger partial charge >= 0.3 is 0 Å². The van der Waals surface area contributed by atoms with E-state index in [1.807, 2.05) is 29.8 Å². The van der Waals surface area contributed by atoms with Crippen LogP contribution in [0.15, 0.2) is 18.2 Å². The number of nitrogens with zero attached hydrogens (tertiary/aromatic N) is 4. The summed E-state index contributed by atoms with van der Waals surface area (Å²) in [5, 5.41) is 12.1. The number of nitrogens with two attached hydrogens (primary N) is 1. The number of hydrogen-bond acceptors (Lipinski definition) is 5. The molecule has 0 aliphatic heterocycles. The Bertz CT molecular complexity index is 633. The molecule has 6 heteroatoms. The monoisotopic (exact) mass is 287 g/mol. The van der Waals surface area contributed by atoms with Gasteiger partial charge in [-0.1, -0.05) is 13.3 Å². The standard InChI is InChI=1S/C15H21N5O/c1-3-21-13-8-11(7-12(16)9-13)14-17-18-19-20(14)10-15(2)5-4-6-15/h7-9H,3-6,10,16H2,1-2H3. The molecule has 0 unspecified atom stereocenters. The van der Waals surface area contributed by atoms with E-state index in [0.717, 1.165) is 23.7 Å². The van der Waals surface area contributed by atoms with Gasteiger partial charge in [0.2, 0.25) is 0 Å². The molecule has 1 fully saturated rings. The molecule has 2 aromatic rings. The summed E-state index contributed by atoms with van der Waals surface area (Å²) in [5.74, 6) is 1.49. The van der Waals surface area contributed by atoms with Gasteiger partial charge in [0, 0.05) is 17.3 Å². The zero-order valence-electron chi connectivity index (χ0n) is 12.5. The van der Waals surface area contributed by atoms with E-state index < -0.39 is 0 Å². The Balaban J connectivity index is 1.91. The molecule has 3 rings (SSSR count). The molecular weight excluding hydrogens is 266 g/mol. The molecule has 0 saturated heterocycles. The minimum absolute atomic E-state index is 0.313. The van der Waals surface area contributed by atoms with Crippen LogP contribution in [0.4, 0.5) is 5.69 Å². The lowest BCUT2D eigenvalue weighted by atomic mass is 9.70. The van der Waals surface area contributed by atoms with Crippen LogP contribution in [0.1, 0.15) is 33.1 Å². The lowest BCUT2D eigenvalue weighted by molar-refractivity contribution is 0.126. The number of benzene rings is 1. The van der Waals surface area contributed by atoms with Crippen molar-refractivity contribution in [2.24, 2.45) is 5.41 Å². The number of ether oxygens (including phenoxy) is 1. The number of tetrazole rings is 1. The first-order valence-corrected chi connectivity index (χ1v) is 7.39. The van der Waals surface area contributed by atoms with E-state index in [1.165, 1.54) is 19.3 Å². The summed E-state index contributed by atoms with van der Waals surface area (Å²) in [6.45, 7) is 5.68. The van der Waals surface area contributed by atoms with Crippen LogP contribution in [0.3, 0.4) is 0 Å². The van der Waals surface area contributed by atoms with Gasteiger partial charge < -0.3 is 10.5 Å². The third kappa shape index (κ3) is 2.84. The van der Waals surface area contributed by atoms with Gasteiger partial charge in [0.05, 0.1) is 13.2 Å². The van der Waals surface area contributed by atoms with Crippen LogP contribution in [0.25, 0.3) is 11.4 Å². The van der Waals surface area contributed by atoms with Crippen LogP contribution >= 0.6 is 0 Å². The second-order valence-corrected chi connectivity index (χ2v) is 6.05. The van der Waals surface area contributed by atoms with E-state index in [2.05, 4.69) is 22.4 Å². The van der Waals surface area contributed by atoms with Crippen molar-refractivity contribution in [2.75, 3.05) is 12.3 Å². The van der Waals surface area contributed by atoms with Gasteiger partial charge in [0.15, 0.2) is 5.82 Å². The summed E-state index contributed by atoms with van der Waals surface area (Å²) in [5.41, 5.74) is 7.81. The van der Waals surface area contributed by atoms with Crippen molar-refractivity contribution in [3.63, 3.8) is 0 Å². The van der Waals surface area contributed by atoms with Crippen LogP contribution in [0, 0.1) is 5.41 Å². The van der Waals surface area contributed by atoms with Crippen molar-refractivity contribution >= 4 is 5.69 Å². The highest BCUT2D eigenvalue weighted by atomic mass is 16.5. The largest absolute Gasteiger partial charge is 0.494 e. The summed E-state index contributed by atoms with van der Waals surface area (Å²) in [6, 6.07) is 5.63. The van der Waals surface area contributed by atoms with Crippen molar-refractivity contribution in [1.29, 1.82) is 0 Å². The minimum atomic E-state index is 0.313. The molecule has 1 aromatic heterocycles. The van der Waals surface area contributed by atoms with Gasteiger partial charge in [-0.2, -0.15) is 0 Å². The fourth-order valence-electron chi connectivity index (χ4n) is 2.82.